The molecule has 0 aromatic rings. The number of aliphatic carboxylic acids is 2. The van der Waals surface area contributed by atoms with Crippen LogP contribution in [0.15, 0.2) is 0 Å². The lowest BCUT2D eigenvalue weighted by atomic mass is 9.99. The molecule has 0 spiro atoms. The molecule has 0 rings (SSSR count). The Bertz CT molecular complexity index is 609. The lowest BCUT2D eigenvalue weighted by molar-refractivity contribution is -0.143. The quantitative estimate of drug-likeness (QED) is 0.221. The van der Waals surface area contributed by atoms with E-state index in [2.05, 4.69) is 16.0 Å². The molecule has 4 unspecified atom stereocenters. The van der Waals surface area contributed by atoms with Crippen molar-refractivity contribution in [2.24, 2.45) is 17.6 Å². The largest absolute Gasteiger partial charge is 0.481 e. The second-order valence-electron chi connectivity index (χ2n) is 7.38. The van der Waals surface area contributed by atoms with Crippen LogP contribution < -0.4 is 21.7 Å². The zero-order chi connectivity index (χ0) is 22.7. The number of hydrogen-bond donors (Lipinski definition) is 6. The summed E-state index contributed by atoms with van der Waals surface area (Å²) in [5.41, 5.74) is 5.78. The maximum Gasteiger partial charge on any atom is 0.326 e. The fourth-order valence-electron chi connectivity index (χ4n) is 2.39. The third-order valence-electron chi connectivity index (χ3n) is 4.34. The molecule has 0 radical (unpaired) electrons. The summed E-state index contributed by atoms with van der Waals surface area (Å²) < 4.78 is 0. The van der Waals surface area contributed by atoms with Crippen LogP contribution in [-0.2, 0) is 24.0 Å². The highest BCUT2D eigenvalue weighted by molar-refractivity contribution is 5.94. The first-order valence-electron chi connectivity index (χ1n) is 9.46. The van der Waals surface area contributed by atoms with Gasteiger partial charge in [-0.2, -0.15) is 0 Å². The van der Waals surface area contributed by atoms with E-state index in [9.17, 15) is 24.0 Å². The minimum Gasteiger partial charge on any atom is -0.481 e. The summed E-state index contributed by atoms with van der Waals surface area (Å²) in [6.07, 6.45) is 0.128. The van der Waals surface area contributed by atoms with E-state index < -0.39 is 60.8 Å². The van der Waals surface area contributed by atoms with Gasteiger partial charge >= 0.3 is 11.9 Å². The van der Waals surface area contributed by atoms with Gasteiger partial charge in [0.1, 0.15) is 12.1 Å². The van der Waals surface area contributed by atoms with E-state index >= 15 is 0 Å². The van der Waals surface area contributed by atoms with Crippen molar-refractivity contribution in [3.63, 3.8) is 0 Å². The second kappa shape index (κ2) is 12.7. The molecule has 29 heavy (non-hydrogen) atoms. The highest BCUT2D eigenvalue weighted by Crippen LogP contribution is 2.06. The van der Waals surface area contributed by atoms with Gasteiger partial charge in [0, 0.05) is 0 Å². The third kappa shape index (κ3) is 10.4. The normalized spacial score (nSPS) is 15.0. The smallest absolute Gasteiger partial charge is 0.326 e. The van der Waals surface area contributed by atoms with E-state index in [1.807, 2.05) is 6.92 Å². The second-order valence-corrected chi connectivity index (χ2v) is 7.38. The Labute approximate surface area is 169 Å². The standard InChI is InChI=1S/C18H32N4O7/c1-5-10(4)15(19)17(27)22-11(7-14(24)25)16(26)20-8-13(23)21-12(18(28)29)6-9(2)3/h9-12,15H,5-8,19H2,1-4H3,(H,20,26)(H,21,23)(H,22,27)(H,24,25)(H,28,29). The Morgan fingerprint density at radius 3 is 1.97 bits per heavy atom. The van der Waals surface area contributed by atoms with Gasteiger partial charge in [-0.15, -0.1) is 0 Å². The molecule has 0 saturated carbocycles. The third-order valence-corrected chi connectivity index (χ3v) is 4.34. The maximum absolute atomic E-state index is 12.3. The van der Waals surface area contributed by atoms with Crippen LogP contribution in [-0.4, -0.2) is 64.5 Å². The number of rotatable bonds is 13. The molecule has 11 heteroatoms. The van der Waals surface area contributed by atoms with Crippen molar-refractivity contribution in [2.75, 3.05) is 6.54 Å². The number of nitrogens with one attached hydrogen (secondary N) is 3. The van der Waals surface area contributed by atoms with Crippen LogP contribution in [0.2, 0.25) is 0 Å². The number of amides is 3. The monoisotopic (exact) mass is 416 g/mol. The zero-order valence-electron chi connectivity index (χ0n) is 17.2. The molecule has 0 aromatic carbocycles. The summed E-state index contributed by atoms with van der Waals surface area (Å²) in [4.78, 5) is 58.5. The molecule has 166 valence electrons. The topological polar surface area (TPSA) is 188 Å². The Kier molecular flexibility index (Phi) is 11.5. The molecule has 0 aliphatic heterocycles. The average molecular weight is 416 g/mol. The summed E-state index contributed by atoms with van der Waals surface area (Å²) in [7, 11) is 0. The summed E-state index contributed by atoms with van der Waals surface area (Å²) in [5.74, 6) is -4.98. The molecule has 4 atom stereocenters. The highest BCUT2D eigenvalue weighted by atomic mass is 16.4. The number of hydrogen-bond acceptors (Lipinski definition) is 6. The highest BCUT2D eigenvalue weighted by Gasteiger charge is 2.28. The lowest BCUT2D eigenvalue weighted by Gasteiger charge is -2.22. The van der Waals surface area contributed by atoms with Gasteiger partial charge in [0.05, 0.1) is 19.0 Å². The Morgan fingerprint density at radius 1 is 0.931 bits per heavy atom. The zero-order valence-corrected chi connectivity index (χ0v) is 17.2. The maximum atomic E-state index is 12.3. The van der Waals surface area contributed by atoms with Crippen molar-refractivity contribution in [1.82, 2.24) is 16.0 Å². The van der Waals surface area contributed by atoms with Crippen molar-refractivity contribution in [3.8, 4) is 0 Å². The van der Waals surface area contributed by atoms with Gasteiger partial charge in [-0.1, -0.05) is 34.1 Å². The molecular weight excluding hydrogens is 384 g/mol. The number of carboxylic acid groups (broad SMARTS) is 2. The van der Waals surface area contributed by atoms with Gasteiger partial charge in [0.25, 0.3) is 0 Å². The van der Waals surface area contributed by atoms with Crippen molar-refractivity contribution >= 4 is 29.7 Å². The van der Waals surface area contributed by atoms with Crippen molar-refractivity contribution < 1.29 is 34.2 Å². The Balaban J connectivity index is 4.89. The first kappa shape index (κ1) is 26.3. The Hall–Kier alpha value is -2.69. The van der Waals surface area contributed by atoms with Gasteiger partial charge < -0.3 is 31.9 Å². The van der Waals surface area contributed by atoms with Gasteiger partial charge in [-0.05, 0) is 18.3 Å². The molecule has 0 aromatic heterocycles. The van der Waals surface area contributed by atoms with E-state index in [0.29, 0.717) is 6.42 Å². The molecule has 0 saturated heterocycles. The van der Waals surface area contributed by atoms with Gasteiger partial charge in [-0.3, -0.25) is 19.2 Å². The number of nitrogens with two attached hydrogens (primary N) is 1. The van der Waals surface area contributed by atoms with Crippen LogP contribution in [0, 0.1) is 11.8 Å². The molecular formula is C18H32N4O7. The summed E-state index contributed by atoms with van der Waals surface area (Å²) >= 11 is 0. The minimum atomic E-state index is -1.42. The van der Waals surface area contributed by atoms with Gasteiger partial charge in [-0.25, -0.2) is 4.79 Å². The first-order chi connectivity index (χ1) is 13.4. The molecule has 0 bridgehead atoms. The van der Waals surface area contributed by atoms with Crippen LogP contribution in [0.3, 0.4) is 0 Å². The Morgan fingerprint density at radius 2 is 1.52 bits per heavy atom. The van der Waals surface area contributed by atoms with E-state index in [-0.39, 0.29) is 18.3 Å². The average Bonchev–Trinajstić information content (AvgIpc) is 2.62. The molecule has 3 amide bonds. The van der Waals surface area contributed by atoms with E-state index in [1.165, 1.54) is 0 Å². The minimum absolute atomic E-state index is 0.0240. The van der Waals surface area contributed by atoms with Crippen LogP contribution in [0.1, 0.15) is 47.0 Å². The van der Waals surface area contributed by atoms with Crippen LogP contribution in [0.4, 0.5) is 0 Å². The first-order valence-corrected chi connectivity index (χ1v) is 9.46. The number of carbonyl (C=O) groups excluding carboxylic acids is 3. The molecule has 0 aliphatic carbocycles. The summed E-state index contributed by atoms with van der Waals surface area (Å²) in [5, 5.41) is 24.9. The molecule has 0 fully saturated rings. The van der Waals surface area contributed by atoms with Crippen LogP contribution >= 0.6 is 0 Å². The van der Waals surface area contributed by atoms with Gasteiger partial charge in [0.2, 0.25) is 17.7 Å². The fraction of sp³-hybridized carbons (Fsp3) is 0.722. The molecule has 11 nitrogen and oxygen atoms in total. The van der Waals surface area contributed by atoms with E-state index in [0.717, 1.165) is 0 Å². The molecule has 7 N–H and O–H groups in total. The van der Waals surface area contributed by atoms with E-state index in [1.54, 1.807) is 20.8 Å². The predicted octanol–water partition coefficient (Wildman–Crippen LogP) is -0.949. The summed E-state index contributed by atoms with van der Waals surface area (Å²) in [6, 6.07) is -3.45. The van der Waals surface area contributed by atoms with Crippen molar-refractivity contribution in [3.05, 3.63) is 0 Å². The summed E-state index contributed by atoms with van der Waals surface area (Å²) in [6.45, 7) is 6.61. The lowest BCUT2D eigenvalue weighted by Crippen LogP contribution is -2.55. The number of carbonyl (C=O) groups is 5. The van der Waals surface area contributed by atoms with Crippen LogP contribution in [0.5, 0.6) is 0 Å². The van der Waals surface area contributed by atoms with E-state index in [4.69, 9.17) is 15.9 Å². The molecule has 0 heterocycles. The predicted molar refractivity (Wildman–Crippen MR) is 104 cm³/mol. The van der Waals surface area contributed by atoms with Crippen molar-refractivity contribution in [2.45, 2.75) is 65.1 Å². The number of carboxylic acids is 2. The molecule has 0 aliphatic rings. The van der Waals surface area contributed by atoms with Crippen LogP contribution in [0.25, 0.3) is 0 Å². The fourth-order valence-corrected chi connectivity index (χ4v) is 2.39. The SMILES string of the molecule is CCC(C)C(N)C(=O)NC(CC(=O)O)C(=O)NCC(=O)NC(CC(C)C)C(=O)O. The van der Waals surface area contributed by atoms with Crippen molar-refractivity contribution in [1.29, 1.82) is 0 Å². The van der Waals surface area contributed by atoms with Gasteiger partial charge in [0.15, 0.2) is 0 Å².